The Morgan fingerprint density at radius 1 is 1.21 bits per heavy atom. The van der Waals surface area contributed by atoms with Crippen molar-refractivity contribution in [1.82, 2.24) is 4.90 Å². The average molecular weight is 272 g/mol. The third kappa shape index (κ3) is 2.53. The van der Waals surface area contributed by atoms with Crippen LogP contribution in [0, 0.1) is 0 Å². The minimum Gasteiger partial charge on any atom is -0.399 e. The largest absolute Gasteiger partial charge is 0.399 e. The first-order valence-corrected chi connectivity index (χ1v) is 7.56. The molecule has 3 rings (SSSR count). The molecule has 1 aliphatic rings. The molecule has 2 N–H and O–H groups in total. The van der Waals surface area contributed by atoms with Crippen LogP contribution >= 0.6 is 11.3 Å². The van der Waals surface area contributed by atoms with Gasteiger partial charge in [-0.15, -0.1) is 11.3 Å². The van der Waals surface area contributed by atoms with Crippen molar-refractivity contribution in [2.45, 2.75) is 32.4 Å². The normalized spacial score (nSPS) is 15.7. The number of rotatable bonds is 3. The Morgan fingerprint density at radius 3 is 2.74 bits per heavy atom. The van der Waals surface area contributed by atoms with Crippen LogP contribution in [0.3, 0.4) is 0 Å². The summed E-state index contributed by atoms with van der Waals surface area (Å²) in [6, 6.07) is 10.7. The van der Waals surface area contributed by atoms with Crippen LogP contribution in [0.2, 0.25) is 0 Å². The lowest BCUT2D eigenvalue weighted by Crippen LogP contribution is -2.33. The van der Waals surface area contributed by atoms with Crippen LogP contribution in [0.15, 0.2) is 35.7 Å². The summed E-state index contributed by atoms with van der Waals surface area (Å²) in [6.45, 7) is 7.81. The van der Waals surface area contributed by atoms with E-state index < -0.39 is 0 Å². The molecule has 0 bridgehead atoms. The molecule has 0 fully saturated rings. The summed E-state index contributed by atoms with van der Waals surface area (Å²) in [6.07, 6.45) is 0. The van der Waals surface area contributed by atoms with Crippen molar-refractivity contribution < 1.29 is 0 Å². The highest BCUT2D eigenvalue weighted by molar-refractivity contribution is 7.10. The molecule has 19 heavy (non-hydrogen) atoms. The topological polar surface area (TPSA) is 29.3 Å². The number of nitrogens with zero attached hydrogens (tertiary/aromatic N) is 1. The van der Waals surface area contributed by atoms with Crippen molar-refractivity contribution in [3.63, 3.8) is 0 Å². The minimum absolute atomic E-state index is 0.210. The highest BCUT2D eigenvalue weighted by Gasteiger charge is 2.28. The predicted molar refractivity (Wildman–Crippen MR) is 82.3 cm³/mol. The van der Waals surface area contributed by atoms with Gasteiger partial charge in [0.05, 0.1) is 0 Å². The number of nitrogen functional groups attached to an aromatic ring is 1. The molecule has 0 amide bonds. The molecule has 0 saturated heterocycles. The van der Waals surface area contributed by atoms with E-state index in [1.165, 1.54) is 16.0 Å². The molecule has 1 aliphatic heterocycles. The van der Waals surface area contributed by atoms with E-state index in [1.807, 2.05) is 17.4 Å². The highest BCUT2D eigenvalue weighted by Crippen LogP contribution is 2.32. The molecule has 0 aliphatic carbocycles. The maximum Gasteiger partial charge on any atom is 0.0317 e. The van der Waals surface area contributed by atoms with Crippen LogP contribution in [0.5, 0.6) is 0 Å². The van der Waals surface area contributed by atoms with Crippen LogP contribution in [-0.2, 0) is 18.5 Å². The Morgan fingerprint density at radius 2 is 2.00 bits per heavy atom. The van der Waals surface area contributed by atoms with Crippen molar-refractivity contribution in [1.29, 1.82) is 0 Å². The Kier molecular flexibility index (Phi) is 3.11. The Hall–Kier alpha value is -1.32. The molecular formula is C16H20N2S. The molecule has 0 saturated carbocycles. The van der Waals surface area contributed by atoms with E-state index in [9.17, 15) is 0 Å². The molecule has 2 nitrogen and oxygen atoms in total. The molecule has 0 unspecified atom stereocenters. The molecule has 3 heteroatoms. The van der Waals surface area contributed by atoms with Gasteiger partial charge in [0, 0.05) is 35.6 Å². The van der Waals surface area contributed by atoms with E-state index in [2.05, 4.69) is 48.4 Å². The van der Waals surface area contributed by atoms with Gasteiger partial charge in [0.2, 0.25) is 0 Å². The fraction of sp³-hybridized carbons (Fsp3) is 0.375. The first kappa shape index (κ1) is 12.7. The summed E-state index contributed by atoms with van der Waals surface area (Å²) in [5.74, 6) is 0. The predicted octanol–water partition coefficient (Wildman–Crippen LogP) is 3.62. The van der Waals surface area contributed by atoms with Gasteiger partial charge in [0.15, 0.2) is 0 Å². The Balaban J connectivity index is 1.74. The zero-order valence-electron chi connectivity index (χ0n) is 11.5. The highest BCUT2D eigenvalue weighted by atomic mass is 32.1. The number of fused-ring (bicyclic) bond motifs is 1. The molecule has 100 valence electrons. The van der Waals surface area contributed by atoms with E-state index in [1.54, 1.807) is 0 Å². The summed E-state index contributed by atoms with van der Waals surface area (Å²) in [5, 5.41) is 2.16. The molecule has 2 heterocycles. The number of anilines is 1. The van der Waals surface area contributed by atoms with Gasteiger partial charge in [-0.2, -0.15) is 0 Å². The fourth-order valence-corrected chi connectivity index (χ4v) is 3.74. The van der Waals surface area contributed by atoms with E-state index in [0.29, 0.717) is 0 Å². The molecule has 1 aromatic heterocycles. The molecular weight excluding hydrogens is 252 g/mol. The van der Waals surface area contributed by atoms with Gasteiger partial charge in [0.1, 0.15) is 0 Å². The van der Waals surface area contributed by atoms with Gasteiger partial charge >= 0.3 is 0 Å². The Labute approximate surface area is 118 Å². The van der Waals surface area contributed by atoms with Crippen LogP contribution < -0.4 is 5.73 Å². The number of benzene rings is 1. The van der Waals surface area contributed by atoms with Crippen molar-refractivity contribution in [2.24, 2.45) is 0 Å². The van der Waals surface area contributed by atoms with Gasteiger partial charge in [-0.1, -0.05) is 26.0 Å². The van der Waals surface area contributed by atoms with Crippen molar-refractivity contribution in [2.75, 3.05) is 12.3 Å². The summed E-state index contributed by atoms with van der Waals surface area (Å²) in [5.41, 5.74) is 9.76. The number of nitrogens with two attached hydrogens (primary N) is 1. The maximum absolute atomic E-state index is 5.86. The van der Waals surface area contributed by atoms with Crippen LogP contribution in [-0.4, -0.2) is 11.4 Å². The van der Waals surface area contributed by atoms with Gasteiger partial charge < -0.3 is 5.73 Å². The summed E-state index contributed by atoms with van der Waals surface area (Å²) < 4.78 is 0. The van der Waals surface area contributed by atoms with Crippen molar-refractivity contribution >= 4 is 17.0 Å². The molecule has 0 spiro atoms. The third-order valence-electron chi connectivity index (χ3n) is 3.83. The molecule has 0 atom stereocenters. The summed E-state index contributed by atoms with van der Waals surface area (Å²) in [4.78, 5) is 3.98. The maximum atomic E-state index is 5.86. The number of hydrogen-bond donors (Lipinski definition) is 1. The van der Waals surface area contributed by atoms with Gasteiger partial charge in [-0.05, 0) is 34.7 Å². The van der Waals surface area contributed by atoms with E-state index in [4.69, 9.17) is 5.73 Å². The van der Waals surface area contributed by atoms with Gasteiger partial charge in [-0.25, -0.2) is 0 Å². The molecule has 2 aromatic rings. The smallest absolute Gasteiger partial charge is 0.0317 e. The zero-order chi connectivity index (χ0) is 13.5. The van der Waals surface area contributed by atoms with Crippen molar-refractivity contribution in [3.8, 4) is 0 Å². The monoisotopic (exact) mass is 272 g/mol. The second-order valence-electron chi connectivity index (χ2n) is 6.03. The first-order chi connectivity index (χ1) is 9.04. The lowest BCUT2D eigenvalue weighted by Gasteiger charge is -2.29. The summed E-state index contributed by atoms with van der Waals surface area (Å²) >= 11 is 1.85. The van der Waals surface area contributed by atoms with E-state index >= 15 is 0 Å². The molecule has 0 radical (unpaired) electrons. The SMILES string of the molecule is CC(C)(CN1Cc2ccc(N)cc2C1)c1cccs1. The fourth-order valence-electron chi connectivity index (χ4n) is 2.90. The third-order valence-corrected chi connectivity index (χ3v) is 5.06. The van der Waals surface area contributed by atoms with Crippen LogP contribution in [0.1, 0.15) is 29.9 Å². The second kappa shape index (κ2) is 4.66. The standard InChI is InChI=1S/C16H20N2S/c1-16(2,15-4-3-7-19-15)11-18-9-12-5-6-14(17)8-13(12)10-18/h3-8H,9-11,17H2,1-2H3. The van der Waals surface area contributed by atoms with Gasteiger partial charge in [-0.3, -0.25) is 4.90 Å². The average Bonchev–Trinajstić information content (AvgIpc) is 2.95. The van der Waals surface area contributed by atoms with E-state index in [-0.39, 0.29) is 5.41 Å². The Bertz CT molecular complexity index is 572. The zero-order valence-corrected chi connectivity index (χ0v) is 12.3. The lowest BCUT2D eigenvalue weighted by atomic mass is 9.91. The quantitative estimate of drug-likeness (QED) is 0.865. The first-order valence-electron chi connectivity index (χ1n) is 6.68. The minimum atomic E-state index is 0.210. The van der Waals surface area contributed by atoms with Crippen molar-refractivity contribution in [3.05, 3.63) is 51.7 Å². The van der Waals surface area contributed by atoms with E-state index in [0.717, 1.165) is 25.3 Å². The van der Waals surface area contributed by atoms with Crippen LogP contribution in [0.25, 0.3) is 0 Å². The number of thiophene rings is 1. The lowest BCUT2D eigenvalue weighted by molar-refractivity contribution is 0.230. The molecule has 1 aromatic carbocycles. The van der Waals surface area contributed by atoms with Gasteiger partial charge in [0.25, 0.3) is 0 Å². The summed E-state index contributed by atoms with van der Waals surface area (Å²) in [7, 11) is 0. The second-order valence-corrected chi connectivity index (χ2v) is 6.98. The van der Waals surface area contributed by atoms with Crippen LogP contribution in [0.4, 0.5) is 5.69 Å². The number of hydrogen-bond acceptors (Lipinski definition) is 3.